The summed E-state index contributed by atoms with van der Waals surface area (Å²) in [6.45, 7) is 4.25. The number of aromatic nitrogens is 3. The number of nitriles is 1. The van der Waals surface area contributed by atoms with Gasteiger partial charge >= 0.3 is 6.18 Å². The summed E-state index contributed by atoms with van der Waals surface area (Å²) in [7, 11) is 0. The Labute approximate surface area is 178 Å². The maximum Gasteiger partial charge on any atom is 0.433 e. The number of carbonyl (C=O) groups is 1. The van der Waals surface area contributed by atoms with E-state index in [4.69, 9.17) is 5.26 Å². The van der Waals surface area contributed by atoms with Crippen molar-refractivity contribution in [2.24, 2.45) is 0 Å². The number of rotatable bonds is 7. The lowest BCUT2D eigenvalue weighted by Gasteiger charge is -2.28. The van der Waals surface area contributed by atoms with E-state index in [1.807, 2.05) is 13.8 Å². The van der Waals surface area contributed by atoms with Gasteiger partial charge in [-0.2, -0.15) is 23.5 Å². The van der Waals surface area contributed by atoms with Gasteiger partial charge in [0.1, 0.15) is 11.7 Å². The maximum atomic E-state index is 13.5. The number of alkyl halides is 3. The number of amides is 1. The Morgan fingerprint density at radius 2 is 2.16 bits per heavy atom. The number of pyridine rings is 1. The molecule has 1 saturated heterocycles. The van der Waals surface area contributed by atoms with E-state index in [0.717, 1.165) is 17.2 Å². The smallest absolute Gasteiger partial charge is 0.326 e. The van der Waals surface area contributed by atoms with Gasteiger partial charge in [0.15, 0.2) is 0 Å². The molecular formula is C21H25F3N6O. The van der Waals surface area contributed by atoms with E-state index < -0.39 is 23.5 Å². The number of carbonyl (C=O) groups excluding carboxylic acids is 1. The van der Waals surface area contributed by atoms with Crippen molar-refractivity contribution in [3.63, 3.8) is 0 Å². The molecule has 166 valence electrons. The number of hydrogen-bond donors (Lipinski definition) is 1. The van der Waals surface area contributed by atoms with Crippen molar-refractivity contribution >= 4 is 5.91 Å². The molecule has 1 amide bonds. The number of aryl methyl sites for hydroxylation is 1. The second kappa shape index (κ2) is 9.06. The van der Waals surface area contributed by atoms with Crippen LogP contribution in [0.1, 0.15) is 38.8 Å². The Bertz CT molecular complexity index is 948. The molecule has 1 N–H and O–H groups in total. The van der Waals surface area contributed by atoms with Crippen LogP contribution in [-0.2, 0) is 17.5 Å². The highest BCUT2D eigenvalue weighted by Gasteiger charge is 2.36. The van der Waals surface area contributed by atoms with Gasteiger partial charge in [-0.05, 0) is 51.3 Å². The molecule has 0 spiro atoms. The first-order valence-corrected chi connectivity index (χ1v) is 10.1. The lowest BCUT2D eigenvalue weighted by atomic mass is 10.0. The van der Waals surface area contributed by atoms with Crippen LogP contribution in [0.25, 0.3) is 11.3 Å². The van der Waals surface area contributed by atoms with Crippen molar-refractivity contribution in [2.75, 3.05) is 13.1 Å². The minimum atomic E-state index is -4.54. The first kappa shape index (κ1) is 22.7. The molecule has 0 aliphatic carbocycles. The third-order valence-electron chi connectivity index (χ3n) is 5.42. The van der Waals surface area contributed by atoms with Crippen LogP contribution >= 0.6 is 0 Å². The second-order valence-electron chi connectivity index (χ2n) is 8.24. The van der Waals surface area contributed by atoms with Crippen molar-refractivity contribution in [1.82, 2.24) is 25.0 Å². The summed E-state index contributed by atoms with van der Waals surface area (Å²) in [6, 6.07) is 6.05. The number of likely N-dealkylation sites (tertiary alicyclic amines) is 1. The minimum absolute atomic E-state index is 0.0217. The van der Waals surface area contributed by atoms with Gasteiger partial charge in [0, 0.05) is 36.6 Å². The van der Waals surface area contributed by atoms with Gasteiger partial charge in [0.05, 0.1) is 18.3 Å². The van der Waals surface area contributed by atoms with Gasteiger partial charge < -0.3 is 10.2 Å². The second-order valence-corrected chi connectivity index (χ2v) is 8.24. The van der Waals surface area contributed by atoms with Crippen LogP contribution in [0.15, 0.2) is 30.6 Å². The molecule has 3 heterocycles. The van der Waals surface area contributed by atoms with Crippen LogP contribution in [0.5, 0.6) is 0 Å². The Hall–Kier alpha value is -2.93. The third-order valence-corrected chi connectivity index (χ3v) is 5.42. The van der Waals surface area contributed by atoms with Gasteiger partial charge in [-0.1, -0.05) is 0 Å². The highest BCUT2D eigenvalue weighted by Crippen LogP contribution is 2.32. The molecule has 1 aliphatic rings. The molecule has 1 aliphatic heterocycles. The highest BCUT2D eigenvalue weighted by atomic mass is 19.4. The fourth-order valence-corrected chi connectivity index (χ4v) is 3.56. The van der Waals surface area contributed by atoms with Crippen LogP contribution in [0, 0.1) is 11.3 Å². The maximum absolute atomic E-state index is 13.5. The zero-order valence-corrected chi connectivity index (χ0v) is 17.5. The van der Waals surface area contributed by atoms with Crippen molar-refractivity contribution in [3.8, 4) is 17.3 Å². The van der Waals surface area contributed by atoms with Crippen molar-refractivity contribution in [2.45, 2.75) is 57.4 Å². The van der Waals surface area contributed by atoms with Gasteiger partial charge in [-0.15, -0.1) is 0 Å². The standard InChI is InChI=1S/C21H25F3N6O/c1-20(2,27-14-19(31)29-9-4-6-16(29)12-25)7-10-30-18(21(22,23)24)11-17(28-30)15-5-3-8-26-13-15/h3,5,8,11,13,16,27H,4,6-7,9-10,14H2,1-2H3. The molecule has 31 heavy (non-hydrogen) atoms. The Balaban J connectivity index is 1.66. The average Bonchev–Trinajstić information content (AvgIpc) is 3.38. The van der Waals surface area contributed by atoms with Crippen molar-refractivity contribution in [3.05, 3.63) is 36.3 Å². The first-order valence-electron chi connectivity index (χ1n) is 10.1. The van der Waals surface area contributed by atoms with Crippen LogP contribution < -0.4 is 5.32 Å². The molecule has 1 atom stereocenters. The third kappa shape index (κ3) is 5.61. The molecule has 7 nitrogen and oxygen atoms in total. The van der Waals surface area contributed by atoms with Gasteiger partial charge in [-0.25, -0.2) is 0 Å². The van der Waals surface area contributed by atoms with Crippen LogP contribution in [0.4, 0.5) is 13.2 Å². The van der Waals surface area contributed by atoms with Gasteiger partial charge in [0.25, 0.3) is 0 Å². The summed E-state index contributed by atoms with van der Waals surface area (Å²) >= 11 is 0. The molecule has 1 fully saturated rings. The summed E-state index contributed by atoms with van der Waals surface area (Å²) < 4.78 is 41.5. The number of hydrogen-bond acceptors (Lipinski definition) is 5. The molecule has 0 bridgehead atoms. The van der Waals surface area contributed by atoms with E-state index in [9.17, 15) is 18.0 Å². The van der Waals surface area contributed by atoms with Crippen molar-refractivity contribution in [1.29, 1.82) is 5.26 Å². The molecular weight excluding hydrogens is 409 g/mol. The molecule has 10 heteroatoms. The average molecular weight is 434 g/mol. The Kier molecular flexibility index (Phi) is 6.65. The fraction of sp³-hybridized carbons (Fsp3) is 0.524. The van der Waals surface area contributed by atoms with E-state index in [0.29, 0.717) is 24.9 Å². The first-order chi connectivity index (χ1) is 14.6. The molecule has 0 radical (unpaired) electrons. The van der Waals surface area contributed by atoms with Crippen molar-refractivity contribution < 1.29 is 18.0 Å². The number of nitrogens with one attached hydrogen (secondary N) is 1. The van der Waals surface area contributed by atoms with Gasteiger partial charge in [0.2, 0.25) is 5.91 Å². The SMILES string of the molecule is CC(C)(CCn1nc(-c2cccnc2)cc1C(F)(F)F)NCC(=O)N1CCCC1C#N. The monoisotopic (exact) mass is 434 g/mol. The zero-order valence-electron chi connectivity index (χ0n) is 17.5. The topological polar surface area (TPSA) is 86.8 Å². The fourth-order valence-electron chi connectivity index (χ4n) is 3.56. The normalized spacial score (nSPS) is 17.0. The predicted molar refractivity (Wildman–Crippen MR) is 108 cm³/mol. The molecule has 3 rings (SSSR count). The summed E-state index contributed by atoms with van der Waals surface area (Å²) in [5.74, 6) is -0.175. The molecule has 2 aromatic heterocycles. The van der Waals surface area contributed by atoms with Crippen LogP contribution in [0.3, 0.4) is 0 Å². The molecule has 1 unspecified atom stereocenters. The highest BCUT2D eigenvalue weighted by molar-refractivity contribution is 5.79. The van der Waals surface area contributed by atoms with Crippen LogP contribution in [0.2, 0.25) is 0 Å². The lowest BCUT2D eigenvalue weighted by molar-refractivity contribution is -0.144. The predicted octanol–water partition coefficient (Wildman–Crippen LogP) is 3.24. The number of nitrogens with zero attached hydrogens (tertiary/aromatic N) is 5. The van der Waals surface area contributed by atoms with E-state index in [1.54, 1.807) is 23.2 Å². The molecule has 0 aromatic carbocycles. The quantitative estimate of drug-likeness (QED) is 0.723. The lowest BCUT2D eigenvalue weighted by Crippen LogP contribution is -2.48. The minimum Gasteiger partial charge on any atom is -0.326 e. The number of halogens is 3. The van der Waals surface area contributed by atoms with E-state index in [-0.39, 0.29) is 24.7 Å². The zero-order chi connectivity index (χ0) is 22.6. The van der Waals surface area contributed by atoms with Gasteiger partial charge in [-0.3, -0.25) is 14.5 Å². The Morgan fingerprint density at radius 3 is 2.81 bits per heavy atom. The summed E-state index contributed by atoms with van der Waals surface area (Å²) in [4.78, 5) is 17.9. The summed E-state index contributed by atoms with van der Waals surface area (Å²) in [6.07, 6.45) is 0.261. The van der Waals surface area contributed by atoms with Crippen LogP contribution in [-0.4, -0.2) is 50.2 Å². The largest absolute Gasteiger partial charge is 0.433 e. The molecule has 0 saturated carbocycles. The van der Waals surface area contributed by atoms with E-state index in [1.165, 1.54) is 6.20 Å². The van der Waals surface area contributed by atoms with E-state index in [2.05, 4.69) is 21.5 Å². The molecule has 2 aromatic rings. The Morgan fingerprint density at radius 1 is 1.39 bits per heavy atom. The summed E-state index contributed by atoms with van der Waals surface area (Å²) in [5, 5.41) is 16.4. The summed E-state index contributed by atoms with van der Waals surface area (Å²) in [5.41, 5.74) is -0.724. The van der Waals surface area contributed by atoms with E-state index >= 15 is 0 Å².